The number of carbonyl (C=O) groups excluding carboxylic acids is 2. The minimum atomic E-state index is -1.12. The molecule has 0 saturated heterocycles. The third-order valence-electron chi connectivity index (χ3n) is 3.64. The van der Waals surface area contributed by atoms with Crippen molar-refractivity contribution in [3.63, 3.8) is 0 Å². The van der Waals surface area contributed by atoms with Crippen molar-refractivity contribution in [1.82, 2.24) is 0 Å². The molecule has 0 unspecified atom stereocenters. The molecular weight excluding hydrogens is 393 g/mol. The molecule has 0 spiro atoms. The van der Waals surface area contributed by atoms with Crippen LogP contribution >= 0.6 is 23.2 Å². The molecule has 0 bridgehead atoms. The van der Waals surface area contributed by atoms with Crippen LogP contribution in [-0.2, 0) is 9.53 Å². The molecule has 3 rings (SSSR count). The van der Waals surface area contributed by atoms with Crippen molar-refractivity contribution < 1.29 is 18.7 Å². The average molecular weight is 406 g/mol. The zero-order valence-electron chi connectivity index (χ0n) is 14.0. The fourth-order valence-corrected chi connectivity index (χ4v) is 2.67. The standard InChI is InChI=1S/C19H13Cl2NO5/c1-10(18(24)22-13-4-2-3-11(20)7-13)26-19(25)17-9-15(23)14-8-12(21)5-6-16(14)27-17/h2-10H,1H3,(H,22,24)/t10-/m1/s1. The lowest BCUT2D eigenvalue weighted by Gasteiger charge is -2.13. The Morgan fingerprint density at radius 3 is 2.56 bits per heavy atom. The normalized spacial score (nSPS) is 11.8. The van der Waals surface area contributed by atoms with E-state index < -0.39 is 23.4 Å². The maximum Gasteiger partial charge on any atom is 0.375 e. The molecule has 138 valence electrons. The molecule has 1 heterocycles. The van der Waals surface area contributed by atoms with Crippen molar-refractivity contribution in [2.45, 2.75) is 13.0 Å². The van der Waals surface area contributed by atoms with Crippen molar-refractivity contribution >= 4 is 51.7 Å². The van der Waals surface area contributed by atoms with Gasteiger partial charge in [-0.05, 0) is 43.3 Å². The number of halogens is 2. The average Bonchev–Trinajstić information content (AvgIpc) is 2.62. The number of anilines is 1. The van der Waals surface area contributed by atoms with Crippen LogP contribution in [0.2, 0.25) is 10.0 Å². The van der Waals surface area contributed by atoms with E-state index in [0.717, 1.165) is 6.07 Å². The van der Waals surface area contributed by atoms with Gasteiger partial charge >= 0.3 is 5.97 Å². The second kappa shape index (κ2) is 7.82. The van der Waals surface area contributed by atoms with Crippen molar-refractivity contribution in [2.75, 3.05) is 5.32 Å². The van der Waals surface area contributed by atoms with E-state index in [-0.39, 0.29) is 16.7 Å². The van der Waals surface area contributed by atoms with Gasteiger partial charge in [0.15, 0.2) is 11.5 Å². The van der Waals surface area contributed by atoms with E-state index in [1.165, 1.54) is 25.1 Å². The van der Waals surface area contributed by atoms with E-state index in [0.29, 0.717) is 15.7 Å². The van der Waals surface area contributed by atoms with Gasteiger partial charge in [-0.3, -0.25) is 9.59 Å². The van der Waals surface area contributed by atoms with Crippen LogP contribution in [0.25, 0.3) is 11.0 Å². The molecule has 0 aliphatic heterocycles. The topological polar surface area (TPSA) is 85.6 Å². The zero-order chi connectivity index (χ0) is 19.6. The third-order valence-corrected chi connectivity index (χ3v) is 4.11. The second-order valence-corrected chi connectivity index (χ2v) is 6.54. The summed E-state index contributed by atoms with van der Waals surface area (Å²) in [4.78, 5) is 36.5. The van der Waals surface area contributed by atoms with Crippen LogP contribution in [-0.4, -0.2) is 18.0 Å². The molecule has 0 aliphatic carbocycles. The summed E-state index contributed by atoms with van der Waals surface area (Å²) in [6.45, 7) is 1.40. The lowest BCUT2D eigenvalue weighted by Crippen LogP contribution is -2.30. The first-order valence-corrected chi connectivity index (χ1v) is 8.60. The Hall–Kier alpha value is -2.83. The van der Waals surface area contributed by atoms with Crippen molar-refractivity contribution in [2.24, 2.45) is 0 Å². The van der Waals surface area contributed by atoms with Gasteiger partial charge in [-0.15, -0.1) is 0 Å². The number of benzene rings is 2. The Kier molecular flexibility index (Phi) is 5.48. The lowest BCUT2D eigenvalue weighted by atomic mass is 10.2. The number of fused-ring (bicyclic) bond motifs is 1. The maximum atomic E-state index is 12.2. The van der Waals surface area contributed by atoms with E-state index in [4.69, 9.17) is 32.4 Å². The summed E-state index contributed by atoms with van der Waals surface area (Å²) < 4.78 is 10.5. The van der Waals surface area contributed by atoms with Gasteiger partial charge in [0.05, 0.1) is 5.39 Å². The highest BCUT2D eigenvalue weighted by Crippen LogP contribution is 2.19. The fourth-order valence-electron chi connectivity index (χ4n) is 2.31. The number of hydrogen-bond donors (Lipinski definition) is 1. The Balaban J connectivity index is 1.74. The second-order valence-electron chi connectivity index (χ2n) is 5.66. The highest BCUT2D eigenvalue weighted by atomic mass is 35.5. The molecule has 1 aromatic heterocycles. The van der Waals surface area contributed by atoms with Crippen LogP contribution < -0.4 is 10.7 Å². The van der Waals surface area contributed by atoms with Crippen LogP contribution in [0.15, 0.2) is 57.7 Å². The van der Waals surface area contributed by atoms with E-state index >= 15 is 0 Å². The van der Waals surface area contributed by atoms with Gasteiger partial charge in [-0.25, -0.2) is 4.79 Å². The number of nitrogens with one attached hydrogen (secondary N) is 1. The highest BCUT2D eigenvalue weighted by molar-refractivity contribution is 6.31. The molecular formula is C19H13Cl2NO5. The fraction of sp³-hybridized carbons (Fsp3) is 0.105. The Bertz CT molecular complexity index is 1090. The first-order chi connectivity index (χ1) is 12.8. The molecule has 27 heavy (non-hydrogen) atoms. The van der Waals surface area contributed by atoms with E-state index in [1.54, 1.807) is 24.3 Å². The van der Waals surface area contributed by atoms with Crippen LogP contribution in [0.4, 0.5) is 5.69 Å². The number of hydrogen-bond acceptors (Lipinski definition) is 5. The summed E-state index contributed by atoms with van der Waals surface area (Å²) in [7, 11) is 0. The Morgan fingerprint density at radius 1 is 1.07 bits per heavy atom. The molecule has 0 saturated carbocycles. The minimum Gasteiger partial charge on any atom is -0.449 e. The minimum absolute atomic E-state index is 0.190. The molecule has 0 radical (unpaired) electrons. The van der Waals surface area contributed by atoms with Crippen molar-refractivity contribution in [3.8, 4) is 0 Å². The summed E-state index contributed by atoms with van der Waals surface area (Å²) in [6.07, 6.45) is -1.12. The molecule has 0 aliphatic rings. The largest absolute Gasteiger partial charge is 0.449 e. The summed E-state index contributed by atoms with van der Waals surface area (Å²) in [5, 5.41) is 3.65. The van der Waals surface area contributed by atoms with Gasteiger partial charge in [-0.2, -0.15) is 0 Å². The first-order valence-electron chi connectivity index (χ1n) is 7.84. The summed E-state index contributed by atoms with van der Waals surface area (Å²) in [6, 6.07) is 12.0. The van der Waals surface area contributed by atoms with Crippen molar-refractivity contribution in [3.05, 3.63) is 74.6 Å². The SMILES string of the molecule is C[C@@H](OC(=O)c1cc(=O)c2cc(Cl)ccc2o1)C(=O)Nc1cccc(Cl)c1. The predicted octanol–water partition coefficient (Wildman–Crippen LogP) is 4.28. The molecule has 6 nitrogen and oxygen atoms in total. The Morgan fingerprint density at radius 2 is 1.81 bits per heavy atom. The maximum absolute atomic E-state index is 12.2. The van der Waals surface area contributed by atoms with Gasteiger partial charge in [-0.1, -0.05) is 29.3 Å². The molecule has 0 fully saturated rings. The van der Waals surface area contributed by atoms with Gasteiger partial charge in [0.1, 0.15) is 5.58 Å². The van der Waals surface area contributed by atoms with Crippen molar-refractivity contribution in [1.29, 1.82) is 0 Å². The van der Waals surface area contributed by atoms with Gasteiger partial charge in [0.25, 0.3) is 5.91 Å². The van der Waals surface area contributed by atoms with Gasteiger partial charge in [0, 0.05) is 21.8 Å². The number of esters is 1. The summed E-state index contributed by atoms with van der Waals surface area (Å²) in [5.41, 5.74) is 0.209. The van der Waals surface area contributed by atoms with Crippen LogP contribution in [0.1, 0.15) is 17.5 Å². The van der Waals surface area contributed by atoms with E-state index in [9.17, 15) is 14.4 Å². The smallest absolute Gasteiger partial charge is 0.375 e. The van der Waals surface area contributed by atoms with Gasteiger partial charge < -0.3 is 14.5 Å². The Labute approximate surface area is 163 Å². The summed E-state index contributed by atoms with van der Waals surface area (Å²) in [5.74, 6) is -1.80. The van der Waals surface area contributed by atoms with Crippen LogP contribution in [0, 0.1) is 0 Å². The van der Waals surface area contributed by atoms with Crippen LogP contribution in [0.3, 0.4) is 0 Å². The zero-order valence-corrected chi connectivity index (χ0v) is 15.5. The highest BCUT2D eigenvalue weighted by Gasteiger charge is 2.21. The molecule has 3 aromatic rings. The molecule has 1 N–H and O–H groups in total. The quantitative estimate of drug-likeness (QED) is 0.654. The third kappa shape index (κ3) is 4.48. The summed E-state index contributed by atoms with van der Waals surface area (Å²) >= 11 is 11.7. The number of carbonyl (C=O) groups is 2. The monoisotopic (exact) mass is 405 g/mol. The molecule has 1 atom stereocenters. The number of rotatable bonds is 4. The van der Waals surface area contributed by atoms with Gasteiger partial charge in [0.2, 0.25) is 5.76 Å². The number of ether oxygens (including phenoxy) is 1. The number of amides is 1. The lowest BCUT2D eigenvalue weighted by molar-refractivity contribution is -0.123. The molecule has 1 amide bonds. The first kappa shape index (κ1) is 18.9. The van der Waals surface area contributed by atoms with E-state index in [2.05, 4.69) is 5.32 Å². The predicted molar refractivity (Wildman–Crippen MR) is 102 cm³/mol. The van der Waals surface area contributed by atoms with Crippen LogP contribution in [0.5, 0.6) is 0 Å². The van der Waals surface area contributed by atoms with E-state index in [1.807, 2.05) is 0 Å². The molecule has 8 heteroatoms. The molecule has 2 aromatic carbocycles.